The molecule has 0 N–H and O–H groups in total. The fourth-order valence-electron chi connectivity index (χ4n) is 1.15. The molecule has 0 radical (unpaired) electrons. The van der Waals surface area contributed by atoms with Gasteiger partial charge in [0.05, 0.1) is 5.70 Å². The number of nitrogens with zero attached hydrogens (tertiary/aromatic N) is 1. The first kappa shape index (κ1) is 14.1. The normalized spacial score (nSPS) is 15.4. The monoisotopic (exact) mass is 219 g/mol. The lowest BCUT2D eigenvalue weighted by Crippen LogP contribution is -2.28. The first-order chi connectivity index (χ1) is 7.70. The van der Waals surface area contributed by atoms with Crippen LogP contribution in [-0.4, -0.2) is 16.7 Å². The molecular weight excluding hydrogens is 202 g/mol. The van der Waals surface area contributed by atoms with Crippen LogP contribution in [0.25, 0.3) is 0 Å². The van der Waals surface area contributed by atoms with Gasteiger partial charge in [0.2, 0.25) is 0 Å². The molecule has 3 heteroatoms. The molecule has 0 aromatic heterocycles. The summed E-state index contributed by atoms with van der Waals surface area (Å²) in [5, 5.41) is 0. The highest BCUT2D eigenvalue weighted by Crippen LogP contribution is 2.13. The molecule has 0 atom stereocenters. The second-order valence-electron chi connectivity index (χ2n) is 2.67. The predicted octanol–water partition coefficient (Wildman–Crippen LogP) is 2.58. The van der Waals surface area contributed by atoms with E-state index < -0.39 is 0 Å². The molecule has 3 nitrogen and oxygen atoms in total. The second kappa shape index (κ2) is 7.40. The molecule has 0 aliphatic carbocycles. The van der Waals surface area contributed by atoms with Crippen molar-refractivity contribution < 1.29 is 9.59 Å². The van der Waals surface area contributed by atoms with Gasteiger partial charge in [-0.2, -0.15) is 0 Å². The number of rotatable bonds is 3. The van der Waals surface area contributed by atoms with Gasteiger partial charge in [-0.25, -0.2) is 4.90 Å². The Labute approximate surface area is 96.4 Å². The Morgan fingerprint density at radius 2 is 1.75 bits per heavy atom. The number of carbonyl (C=O) groups is 2. The average molecular weight is 219 g/mol. The van der Waals surface area contributed by atoms with Crippen LogP contribution >= 0.6 is 0 Å². The Hall–Kier alpha value is -1.90. The van der Waals surface area contributed by atoms with Crippen molar-refractivity contribution in [2.24, 2.45) is 0 Å². The van der Waals surface area contributed by atoms with Gasteiger partial charge in [-0.3, -0.25) is 9.59 Å². The highest BCUT2D eigenvalue weighted by atomic mass is 16.2. The minimum Gasteiger partial charge on any atom is -0.269 e. The van der Waals surface area contributed by atoms with Crippen LogP contribution in [0.4, 0.5) is 0 Å². The van der Waals surface area contributed by atoms with E-state index in [1.807, 2.05) is 20.8 Å². The summed E-state index contributed by atoms with van der Waals surface area (Å²) >= 11 is 0. The molecule has 0 aromatic rings. The largest absolute Gasteiger partial charge is 0.269 e. The van der Waals surface area contributed by atoms with Crippen molar-refractivity contribution in [3.63, 3.8) is 0 Å². The quantitative estimate of drug-likeness (QED) is 0.540. The molecule has 86 valence electrons. The van der Waals surface area contributed by atoms with Gasteiger partial charge < -0.3 is 0 Å². The maximum atomic E-state index is 11.3. The zero-order valence-corrected chi connectivity index (χ0v) is 9.93. The van der Waals surface area contributed by atoms with Crippen molar-refractivity contribution in [3.05, 3.63) is 48.7 Å². The lowest BCUT2D eigenvalue weighted by molar-refractivity contribution is -0.134. The molecule has 1 rings (SSSR count). The SMILES string of the molecule is C=C/C=C(\C=C/C)N1C(=O)C=CC1=O.CC. The van der Waals surface area contributed by atoms with E-state index in [0.29, 0.717) is 5.70 Å². The maximum Gasteiger partial charge on any atom is 0.258 e. The summed E-state index contributed by atoms with van der Waals surface area (Å²) in [4.78, 5) is 23.7. The van der Waals surface area contributed by atoms with Gasteiger partial charge in [-0.15, -0.1) is 0 Å². The van der Waals surface area contributed by atoms with Crippen molar-refractivity contribution >= 4 is 11.8 Å². The van der Waals surface area contributed by atoms with Crippen molar-refractivity contribution in [2.75, 3.05) is 0 Å². The third-order valence-corrected chi connectivity index (χ3v) is 1.69. The van der Waals surface area contributed by atoms with E-state index in [1.165, 1.54) is 18.2 Å². The van der Waals surface area contributed by atoms with Crippen LogP contribution in [0.5, 0.6) is 0 Å². The Kier molecular flexibility index (Phi) is 6.52. The van der Waals surface area contributed by atoms with Crippen molar-refractivity contribution in [1.82, 2.24) is 4.90 Å². The fourth-order valence-corrected chi connectivity index (χ4v) is 1.15. The maximum absolute atomic E-state index is 11.3. The molecule has 0 bridgehead atoms. The molecule has 1 aliphatic rings. The zero-order valence-electron chi connectivity index (χ0n) is 9.93. The van der Waals surface area contributed by atoms with Gasteiger partial charge in [0.1, 0.15) is 0 Å². The van der Waals surface area contributed by atoms with E-state index in [9.17, 15) is 9.59 Å². The number of amides is 2. The standard InChI is InChI=1S/C11H11NO2.C2H6/c1-3-5-9(6-4-2)12-10(13)7-8-11(12)14;1-2/h3-8H,1H2,2H3;1-2H3/b6-4-,9-5+;. The van der Waals surface area contributed by atoms with E-state index in [2.05, 4.69) is 6.58 Å². The Morgan fingerprint density at radius 3 is 2.12 bits per heavy atom. The van der Waals surface area contributed by atoms with Gasteiger partial charge in [-0.1, -0.05) is 32.6 Å². The van der Waals surface area contributed by atoms with Crippen LogP contribution in [0, 0.1) is 0 Å². The van der Waals surface area contributed by atoms with Gasteiger partial charge in [0, 0.05) is 12.2 Å². The third kappa shape index (κ3) is 3.35. The van der Waals surface area contributed by atoms with E-state index in [4.69, 9.17) is 0 Å². The number of hydrogen-bond acceptors (Lipinski definition) is 2. The van der Waals surface area contributed by atoms with Crippen molar-refractivity contribution in [2.45, 2.75) is 20.8 Å². The van der Waals surface area contributed by atoms with E-state index in [-0.39, 0.29) is 11.8 Å². The smallest absolute Gasteiger partial charge is 0.258 e. The zero-order chi connectivity index (χ0) is 12.6. The van der Waals surface area contributed by atoms with Crippen molar-refractivity contribution in [1.29, 1.82) is 0 Å². The van der Waals surface area contributed by atoms with Gasteiger partial charge in [-0.05, 0) is 19.1 Å². The van der Waals surface area contributed by atoms with E-state index in [1.54, 1.807) is 18.2 Å². The van der Waals surface area contributed by atoms with Gasteiger partial charge in [0.15, 0.2) is 0 Å². The van der Waals surface area contributed by atoms with Crippen LogP contribution in [0.2, 0.25) is 0 Å². The van der Waals surface area contributed by atoms with Crippen LogP contribution in [0.15, 0.2) is 48.7 Å². The summed E-state index contributed by atoms with van der Waals surface area (Å²) in [5.74, 6) is -0.637. The average Bonchev–Trinajstić information content (AvgIpc) is 2.61. The molecule has 1 aliphatic heterocycles. The summed E-state index contributed by atoms with van der Waals surface area (Å²) in [6.07, 6.45) is 9.10. The molecule has 0 saturated heterocycles. The summed E-state index contributed by atoms with van der Waals surface area (Å²) in [5.41, 5.74) is 0.530. The first-order valence-corrected chi connectivity index (χ1v) is 5.22. The van der Waals surface area contributed by atoms with E-state index in [0.717, 1.165) is 4.90 Å². The Balaban J connectivity index is 0.00000106. The highest BCUT2D eigenvalue weighted by Gasteiger charge is 2.25. The van der Waals surface area contributed by atoms with Gasteiger partial charge >= 0.3 is 0 Å². The van der Waals surface area contributed by atoms with Crippen LogP contribution in [0.3, 0.4) is 0 Å². The molecule has 1 heterocycles. The minimum absolute atomic E-state index is 0.318. The lowest BCUT2D eigenvalue weighted by Gasteiger charge is -2.14. The molecule has 0 fully saturated rings. The third-order valence-electron chi connectivity index (χ3n) is 1.69. The number of imide groups is 1. The summed E-state index contributed by atoms with van der Waals surface area (Å²) in [7, 11) is 0. The van der Waals surface area contributed by atoms with Gasteiger partial charge in [0.25, 0.3) is 11.8 Å². The molecule has 0 spiro atoms. The van der Waals surface area contributed by atoms with E-state index >= 15 is 0 Å². The highest BCUT2D eigenvalue weighted by molar-refractivity contribution is 6.14. The second-order valence-corrected chi connectivity index (χ2v) is 2.67. The summed E-state index contributed by atoms with van der Waals surface area (Å²) < 4.78 is 0. The molecule has 0 saturated carbocycles. The Morgan fingerprint density at radius 1 is 1.25 bits per heavy atom. The minimum atomic E-state index is -0.318. The van der Waals surface area contributed by atoms with Crippen molar-refractivity contribution in [3.8, 4) is 0 Å². The molecule has 2 amide bonds. The Bertz CT molecular complexity index is 344. The number of allylic oxidation sites excluding steroid dienone is 4. The van der Waals surface area contributed by atoms with Crippen LogP contribution in [0.1, 0.15) is 20.8 Å². The fraction of sp³-hybridized carbons (Fsp3) is 0.231. The lowest BCUT2D eigenvalue weighted by atomic mass is 10.3. The molecule has 0 unspecified atom stereocenters. The predicted molar refractivity (Wildman–Crippen MR) is 65.4 cm³/mol. The van der Waals surface area contributed by atoms with Crippen LogP contribution < -0.4 is 0 Å². The molecule has 0 aromatic carbocycles. The molecular formula is C13H17NO2. The number of carbonyl (C=O) groups excluding carboxylic acids is 2. The summed E-state index contributed by atoms with van der Waals surface area (Å²) in [6, 6.07) is 0. The molecule has 16 heavy (non-hydrogen) atoms. The summed E-state index contributed by atoms with van der Waals surface area (Å²) in [6.45, 7) is 9.34. The van der Waals surface area contributed by atoms with Crippen LogP contribution in [-0.2, 0) is 9.59 Å². The first-order valence-electron chi connectivity index (χ1n) is 5.22. The number of hydrogen-bond donors (Lipinski definition) is 0. The topological polar surface area (TPSA) is 37.4 Å².